The first-order valence-electron chi connectivity index (χ1n) is 6.46. The van der Waals surface area contributed by atoms with Crippen molar-refractivity contribution in [3.05, 3.63) is 11.9 Å². The molecule has 1 aromatic heterocycles. The zero-order chi connectivity index (χ0) is 16.0. The fraction of sp³-hybridized carbons (Fsp3) is 0.583. The average molecular weight is 297 g/mol. The summed E-state index contributed by atoms with van der Waals surface area (Å²) in [7, 11) is 3.22. The third-order valence-corrected chi connectivity index (χ3v) is 2.66. The lowest BCUT2D eigenvalue weighted by molar-refractivity contribution is -0.138. The number of likely N-dealkylation sites (N-methyl/N-ethyl adjacent to an activating group) is 1. The number of aliphatic carboxylic acids is 1. The van der Waals surface area contributed by atoms with Gasteiger partial charge in [-0.05, 0) is 6.42 Å². The first-order chi connectivity index (χ1) is 9.85. The van der Waals surface area contributed by atoms with E-state index in [2.05, 4.69) is 10.3 Å². The largest absolute Gasteiger partial charge is 0.480 e. The molecule has 21 heavy (non-hydrogen) atoms. The van der Waals surface area contributed by atoms with Crippen LogP contribution in [0.15, 0.2) is 6.20 Å². The predicted molar refractivity (Wildman–Crippen MR) is 72.5 cm³/mol. The molecule has 0 radical (unpaired) electrons. The van der Waals surface area contributed by atoms with Gasteiger partial charge in [0.15, 0.2) is 5.69 Å². The fourth-order valence-corrected chi connectivity index (χ4v) is 1.60. The van der Waals surface area contributed by atoms with Gasteiger partial charge in [-0.2, -0.15) is 0 Å². The van der Waals surface area contributed by atoms with Crippen LogP contribution in [0.1, 0.15) is 23.8 Å². The van der Waals surface area contributed by atoms with Crippen LogP contribution in [0.25, 0.3) is 0 Å². The van der Waals surface area contributed by atoms with Gasteiger partial charge in [-0.15, -0.1) is 5.10 Å². The van der Waals surface area contributed by atoms with Crippen molar-refractivity contribution in [3.8, 4) is 0 Å². The molecule has 2 amide bonds. The SMILES string of the molecule is CCCN(CC(=O)N(C)C)C(=O)c1cn(CC(=O)O)nn1. The Morgan fingerprint density at radius 2 is 2.00 bits per heavy atom. The zero-order valence-electron chi connectivity index (χ0n) is 12.3. The van der Waals surface area contributed by atoms with Gasteiger partial charge in [-0.25, -0.2) is 4.68 Å². The van der Waals surface area contributed by atoms with Gasteiger partial charge < -0.3 is 14.9 Å². The molecule has 0 atom stereocenters. The van der Waals surface area contributed by atoms with E-state index in [0.29, 0.717) is 13.0 Å². The van der Waals surface area contributed by atoms with Gasteiger partial charge in [0.1, 0.15) is 13.1 Å². The number of nitrogens with zero attached hydrogens (tertiary/aromatic N) is 5. The summed E-state index contributed by atoms with van der Waals surface area (Å²) in [6, 6.07) is 0. The molecule has 0 saturated carbocycles. The summed E-state index contributed by atoms with van der Waals surface area (Å²) in [4.78, 5) is 37.4. The lowest BCUT2D eigenvalue weighted by atomic mass is 10.3. The molecule has 0 bridgehead atoms. The quantitative estimate of drug-likeness (QED) is 0.713. The number of carboxylic acids is 1. The van der Waals surface area contributed by atoms with Crippen molar-refractivity contribution < 1.29 is 19.5 Å². The minimum atomic E-state index is -1.08. The number of hydrogen-bond donors (Lipinski definition) is 1. The normalized spacial score (nSPS) is 10.2. The Morgan fingerprint density at radius 3 is 2.52 bits per heavy atom. The number of carbonyl (C=O) groups excluding carboxylic acids is 2. The molecule has 9 heteroatoms. The van der Waals surface area contributed by atoms with Crippen LogP contribution >= 0.6 is 0 Å². The molecule has 1 rings (SSSR count). The van der Waals surface area contributed by atoms with Gasteiger partial charge in [0.05, 0.1) is 6.20 Å². The minimum Gasteiger partial charge on any atom is -0.480 e. The standard InChI is InChI=1S/C12H19N5O4/c1-4-5-16(7-10(18)15(2)3)12(21)9-6-17(14-13-9)8-11(19)20/h6H,4-5,7-8H2,1-3H3,(H,19,20). The minimum absolute atomic E-state index is 0.0243. The van der Waals surface area contributed by atoms with Gasteiger partial charge in [0.25, 0.3) is 5.91 Å². The summed E-state index contributed by atoms with van der Waals surface area (Å²) < 4.78 is 1.06. The van der Waals surface area contributed by atoms with Crippen molar-refractivity contribution in [2.24, 2.45) is 0 Å². The van der Waals surface area contributed by atoms with Crippen LogP contribution in [-0.4, -0.2) is 74.9 Å². The molecule has 0 saturated heterocycles. The highest BCUT2D eigenvalue weighted by Gasteiger charge is 2.21. The molecule has 1 aromatic rings. The molecule has 0 unspecified atom stereocenters. The average Bonchev–Trinajstić information content (AvgIpc) is 2.84. The Kier molecular flexibility index (Phi) is 5.82. The lowest BCUT2D eigenvalue weighted by Gasteiger charge is -2.22. The van der Waals surface area contributed by atoms with E-state index in [-0.39, 0.29) is 24.7 Å². The third-order valence-electron chi connectivity index (χ3n) is 2.66. The van der Waals surface area contributed by atoms with Crippen LogP contribution in [0.2, 0.25) is 0 Å². The summed E-state index contributed by atoms with van der Waals surface area (Å²) in [5.74, 6) is -1.72. The van der Waals surface area contributed by atoms with Crippen molar-refractivity contribution in [2.45, 2.75) is 19.9 Å². The Labute approximate surface area is 122 Å². The second-order valence-corrected chi connectivity index (χ2v) is 4.71. The van der Waals surface area contributed by atoms with Gasteiger partial charge >= 0.3 is 5.97 Å². The monoisotopic (exact) mass is 297 g/mol. The van der Waals surface area contributed by atoms with Crippen molar-refractivity contribution in [1.29, 1.82) is 0 Å². The lowest BCUT2D eigenvalue weighted by Crippen LogP contribution is -2.40. The molecule has 0 fully saturated rings. The highest BCUT2D eigenvalue weighted by Crippen LogP contribution is 2.03. The second kappa shape index (κ2) is 7.36. The van der Waals surface area contributed by atoms with Crippen LogP contribution < -0.4 is 0 Å². The van der Waals surface area contributed by atoms with Crippen molar-refractivity contribution in [3.63, 3.8) is 0 Å². The molecule has 1 heterocycles. The van der Waals surface area contributed by atoms with E-state index in [0.717, 1.165) is 4.68 Å². The summed E-state index contributed by atoms with van der Waals surface area (Å²) in [5.41, 5.74) is 0.0243. The van der Waals surface area contributed by atoms with Crippen LogP contribution in [0.4, 0.5) is 0 Å². The second-order valence-electron chi connectivity index (χ2n) is 4.71. The molecular weight excluding hydrogens is 278 g/mol. The number of carbonyl (C=O) groups is 3. The fourth-order valence-electron chi connectivity index (χ4n) is 1.60. The van der Waals surface area contributed by atoms with Gasteiger partial charge in [-0.3, -0.25) is 14.4 Å². The van der Waals surface area contributed by atoms with E-state index >= 15 is 0 Å². The molecule has 0 spiro atoms. The van der Waals surface area contributed by atoms with E-state index in [1.54, 1.807) is 14.1 Å². The van der Waals surface area contributed by atoms with E-state index in [4.69, 9.17) is 5.11 Å². The molecule has 0 aliphatic carbocycles. The summed E-state index contributed by atoms with van der Waals surface area (Å²) in [6.07, 6.45) is 1.95. The first kappa shape index (κ1) is 16.6. The summed E-state index contributed by atoms with van der Waals surface area (Å²) >= 11 is 0. The molecule has 1 N–H and O–H groups in total. The highest BCUT2D eigenvalue weighted by molar-refractivity contribution is 5.94. The molecular formula is C12H19N5O4. The van der Waals surface area contributed by atoms with Gasteiger partial charge in [-0.1, -0.05) is 12.1 Å². The van der Waals surface area contributed by atoms with Crippen LogP contribution in [0.3, 0.4) is 0 Å². The molecule has 0 aliphatic heterocycles. The Bertz CT molecular complexity index is 525. The molecule has 0 aromatic carbocycles. The Balaban J connectivity index is 2.82. The van der Waals surface area contributed by atoms with Crippen LogP contribution in [0, 0.1) is 0 Å². The maximum Gasteiger partial charge on any atom is 0.325 e. The Morgan fingerprint density at radius 1 is 1.33 bits per heavy atom. The maximum atomic E-state index is 12.3. The van der Waals surface area contributed by atoms with Crippen molar-refractivity contribution in [2.75, 3.05) is 27.2 Å². The Hall–Kier alpha value is -2.45. The number of amides is 2. The zero-order valence-corrected chi connectivity index (χ0v) is 12.3. The van der Waals surface area contributed by atoms with Crippen LogP contribution in [0.5, 0.6) is 0 Å². The predicted octanol–water partition coefficient (Wildman–Crippen LogP) is -0.697. The molecule has 0 aliphatic rings. The topological polar surface area (TPSA) is 109 Å². The first-order valence-corrected chi connectivity index (χ1v) is 6.46. The highest BCUT2D eigenvalue weighted by atomic mass is 16.4. The van der Waals surface area contributed by atoms with E-state index in [1.165, 1.54) is 16.0 Å². The van der Waals surface area contributed by atoms with Crippen molar-refractivity contribution in [1.82, 2.24) is 24.8 Å². The van der Waals surface area contributed by atoms with E-state index < -0.39 is 11.9 Å². The van der Waals surface area contributed by atoms with E-state index in [1.807, 2.05) is 6.92 Å². The van der Waals surface area contributed by atoms with Gasteiger partial charge in [0.2, 0.25) is 5.91 Å². The smallest absolute Gasteiger partial charge is 0.325 e. The number of rotatable bonds is 7. The van der Waals surface area contributed by atoms with Crippen LogP contribution in [-0.2, 0) is 16.1 Å². The summed E-state index contributed by atoms with van der Waals surface area (Å²) in [5, 5.41) is 15.9. The van der Waals surface area contributed by atoms with Gasteiger partial charge in [0, 0.05) is 20.6 Å². The molecule has 9 nitrogen and oxygen atoms in total. The van der Waals surface area contributed by atoms with E-state index in [9.17, 15) is 14.4 Å². The number of aromatic nitrogens is 3. The number of hydrogen-bond acceptors (Lipinski definition) is 5. The van der Waals surface area contributed by atoms with Crippen molar-refractivity contribution >= 4 is 17.8 Å². The number of carboxylic acid groups (broad SMARTS) is 1. The summed E-state index contributed by atoms with van der Waals surface area (Å²) in [6.45, 7) is 1.88. The molecule has 116 valence electrons. The third kappa shape index (κ3) is 4.86. The maximum absolute atomic E-state index is 12.3.